The molecule has 3 heterocycles. The molecular formula is C27H19Cl2F3N8. The van der Waals surface area contributed by atoms with Crippen LogP contribution in [0.2, 0.25) is 10.0 Å². The zero-order chi connectivity index (χ0) is 28.0. The van der Waals surface area contributed by atoms with Gasteiger partial charge in [0.1, 0.15) is 17.6 Å². The van der Waals surface area contributed by atoms with Gasteiger partial charge in [-0.15, -0.1) is 5.53 Å². The largest absolute Gasteiger partial charge is 0.373 e. The molecule has 40 heavy (non-hydrogen) atoms. The van der Waals surface area contributed by atoms with Gasteiger partial charge in [-0.05, 0) is 48.7 Å². The summed E-state index contributed by atoms with van der Waals surface area (Å²) < 4.78 is 43.0. The quantitative estimate of drug-likeness (QED) is 0.146. The van der Waals surface area contributed by atoms with E-state index in [1.165, 1.54) is 18.5 Å². The first kappa shape index (κ1) is 26.0. The van der Waals surface area contributed by atoms with E-state index in [1.54, 1.807) is 18.2 Å². The molecule has 1 aliphatic carbocycles. The van der Waals surface area contributed by atoms with E-state index in [0.29, 0.717) is 28.2 Å². The second kappa shape index (κ2) is 10.4. The van der Waals surface area contributed by atoms with Crippen molar-refractivity contribution in [3.63, 3.8) is 0 Å². The SMILES string of the molecule is N#Cc1cnc2c(Cl)cc(NC(C3=CN(C4CC4)NN3)c3ccc(F)nc3)cc2c1Nc1c(F)ccc(Cl)c1F. The summed E-state index contributed by atoms with van der Waals surface area (Å²) in [5.74, 6) is -2.52. The average Bonchev–Trinajstić information content (AvgIpc) is 3.69. The van der Waals surface area contributed by atoms with Crippen LogP contribution in [0.4, 0.5) is 30.2 Å². The number of nitrogens with zero attached hydrogens (tertiary/aromatic N) is 4. The molecule has 1 atom stereocenters. The third-order valence-corrected chi connectivity index (χ3v) is 7.17. The van der Waals surface area contributed by atoms with Crippen molar-refractivity contribution in [3.8, 4) is 6.07 Å². The van der Waals surface area contributed by atoms with E-state index in [-0.39, 0.29) is 21.3 Å². The maximum absolute atomic E-state index is 14.8. The van der Waals surface area contributed by atoms with E-state index in [9.17, 15) is 18.4 Å². The van der Waals surface area contributed by atoms with Crippen LogP contribution in [-0.2, 0) is 0 Å². The molecule has 1 unspecified atom stereocenters. The molecule has 8 nitrogen and oxygen atoms in total. The maximum Gasteiger partial charge on any atom is 0.212 e. The number of benzene rings is 2. The molecule has 2 aromatic heterocycles. The van der Waals surface area contributed by atoms with Gasteiger partial charge in [0.2, 0.25) is 5.95 Å². The van der Waals surface area contributed by atoms with Gasteiger partial charge in [0, 0.05) is 35.7 Å². The molecule has 4 aromatic rings. The van der Waals surface area contributed by atoms with Crippen LogP contribution in [0.15, 0.2) is 60.7 Å². The molecule has 1 saturated carbocycles. The minimum absolute atomic E-state index is 0.0308. The lowest BCUT2D eigenvalue weighted by molar-refractivity contribution is 0.260. The van der Waals surface area contributed by atoms with Gasteiger partial charge < -0.3 is 16.1 Å². The summed E-state index contributed by atoms with van der Waals surface area (Å²) in [7, 11) is 0. The van der Waals surface area contributed by atoms with Gasteiger partial charge in [-0.25, -0.2) is 13.8 Å². The smallest absolute Gasteiger partial charge is 0.212 e. The highest BCUT2D eigenvalue weighted by atomic mass is 35.5. The lowest BCUT2D eigenvalue weighted by atomic mass is 10.0. The van der Waals surface area contributed by atoms with Crippen LogP contribution in [0.5, 0.6) is 0 Å². The number of nitriles is 1. The Bertz CT molecular complexity index is 1700. The standard InChI is InChI=1S/C27H19Cl2F3N8/c28-18-4-5-20(30)27(23(18)32)37-24-14(9-33)11-35-26-17(24)7-15(8-19(26)29)36-25(13-1-6-22(31)34-10-13)21-12-40(39-38-21)16-2-3-16/h1,4-8,10-12,16,25,36,38-39H,2-3H2,(H,35,37). The Morgan fingerprint density at radius 2 is 1.85 bits per heavy atom. The van der Waals surface area contributed by atoms with Gasteiger partial charge in [-0.3, -0.25) is 9.99 Å². The fraction of sp³-hybridized carbons (Fsp3) is 0.148. The maximum atomic E-state index is 14.8. The predicted molar refractivity (Wildman–Crippen MR) is 146 cm³/mol. The van der Waals surface area contributed by atoms with Crippen LogP contribution in [-0.4, -0.2) is 21.0 Å². The minimum Gasteiger partial charge on any atom is -0.373 e. The highest BCUT2D eigenvalue weighted by Crippen LogP contribution is 2.38. The normalized spacial score (nSPS) is 15.4. The molecule has 0 radical (unpaired) electrons. The van der Waals surface area contributed by atoms with Gasteiger partial charge in [-0.1, -0.05) is 29.3 Å². The van der Waals surface area contributed by atoms with Gasteiger partial charge in [-0.2, -0.15) is 9.65 Å². The molecule has 13 heteroatoms. The molecule has 1 fully saturated rings. The van der Waals surface area contributed by atoms with Crippen LogP contribution in [0.1, 0.15) is 30.0 Å². The van der Waals surface area contributed by atoms with Crippen molar-refractivity contribution in [2.75, 3.05) is 10.6 Å². The fourth-order valence-electron chi connectivity index (χ4n) is 4.43. The molecule has 0 amide bonds. The molecule has 0 spiro atoms. The van der Waals surface area contributed by atoms with Crippen LogP contribution in [0, 0.1) is 28.9 Å². The number of hydrogen-bond acceptors (Lipinski definition) is 8. The number of hydrazine groups is 2. The molecule has 2 aliphatic rings. The van der Waals surface area contributed by atoms with Crippen LogP contribution in [0.25, 0.3) is 10.9 Å². The van der Waals surface area contributed by atoms with Crippen molar-refractivity contribution < 1.29 is 13.2 Å². The zero-order valence-corrected chi connectivity index (χ0v) is 22.0. The first-order valence-corrected chi connectivity index (χ1v) is 12.9. The lowest BCUT2D eigenvalue weighted by Gasteiger charge is -2.22. The zero-order valence-electron chi connectivity index (χ0n) is 20.4. The molecule has 6 rings (SSSR count). The van der Waals surface area contributed by atoms with E-state index in [0.717, 1.165) is 30.7 Å². The number of pyridine rings is 2. The summed E-state index contributed by atoms with van der Waals surface area (Å²) in [5.41, 5.74) is 8.06. The molecular weight excluding hydrogens is 564 g/mol. The van der Waals surface area contributed by atoms with E-state index < -0.39 is 29.3 Å². The summed E-state index contributed by atoms with van der Waals surface area (Å²) in [5, 5.41) is 18.1. The third kappa shape index (κ3) is 4.93. The number of hydrogen-bond donors (Lipinski definition) is 4. The number of fused-ring (bicyclic) bond motifs is 1. The highest BCUT2D eigenvalue weighted by molar-refractivity contribution is 6.36. The molecule has 0 saturated heterocycles. The number of halogens is 5. The van der Waals surface area contributed by atoms with Gasteiger partial charge in [0.25, 0.3) is 0 Å². The Morgan fingerprint density at radius 1 is 1.02 bits per heavy atom. The Morgan fingerprint density at radius 3 is 2.58 bits per heavy atom. The summed E-state index contributed by atoms with van der Waals surface area (Å²) in [6.45, 7) is 0. The molecule has 4 N–H and O–H groups in total. The number of nitrogens with one attached hydrogen (secondary N) is 4. The Kier molecular flexibility index (Phi) is 6.75. The van der Waals surface area contributed by atoms with Gasteiger partial charge in [0.05, 0.1) is 38.6 Å². The first-order valence-electron chi connectivity index (χ1n) is 12.1. The van der Waals surface area contributed by atoms with Crippen molar-refractivity contribution in [1.29, 1.82) is 5.26 Å². The van der Waals surface area contributed by atoms with E-state index in [4.69, 9.17) is 23.2 Å². The molecule has 0 bridgehead atoms. The number of anilines is 3. The Balaban J connectivity index is 1.44. The summed E-state index contributed by atoms with van der Waals surface area (Å²) in [6, 6.07) is 10.1. The lowest BCUT2D eigenvalue weighted by Crippen LogP contribution is -2.38. The molecule has 202 valence electrons. The summed E-state index contributed by atoms with van der Waals surface area (Å²) >= 11 is 12.5. The minimum atomic E-state index is -1.01. The second-order valence-electron chi connectivity index (χ2n) is 9.31. The van der Waals surface area contributed by atoms with Crippen molar-refractivity contribution in [1.82, 2.24) is 25.9 Å². The predicted octanol–water partition coefficient (Wildman–Crippen LogP) is 6.45. The van der Waals surface area contributed by atoms with E-state index in [2.05, 4.69) is 31.6 Å². The van der Waals surface area contributed by atoms with Gasteiger partial charge in [0.15, 0.2) is 5.82 Å². The fourth-order valence-corrected chi connectivity index (χ4v) is 4.86. The number of aromatic nitrogens is 2. The third-order valence-electron chi connectivity index (χ3n) is 6.59. The van der Waals surface area contributed by atoms with Crippen molar-refractivity contribution in [3.05, 3.63) is 99.4 Å². The highest BCUT2D eigenvalue weighted by Gasteiger charge is 2.32. The summed E-state index contributed by atoms with van der Waals surface area (Å²) in [4.78, 5) is 8.08. The summed E-state index contributed by atoms with van der Waals surface area (Å²) in [6.07, 6.45) is 6.74. The first-order chi connectivity index (χ1) is 19.3. The average molecular weight is 583 g/mol. The van der Waals surface area contributed by atoms with Crippen LogP contribution >= 0.6 is 23.2 Å². The van der Waals surface area contributed by atoms with E-state index in [1.807, 2.05) is 17.3 Å². The monoisotopic (exact) mass is 582 g/mol. The Labute approximate surface area is 236 Å². The molecule has 2 aromatic carbocycles. The topological polar surface area (TPSA) is 101 Å². The van der Waals surface area contributed by atoms with Crippen molar-refractivity contribution in [2.45, 2.75) is 24.9 Å². The van der Waals surface area contributed by atoms with E-state index >= 15 is 0 Å². The van der Waals surface area contributed by atoms with Crippen molar-refractivity contribution >= 4 is 51.2 Å². The van der Waals surface area contributed by atoms with Crippen LogP contribution < -0.4 is 21.6 Å². The van der Waals surface area contributed by atoms with Gasteiger partial charge >= 0.3 is 0 Å². The molecule has 1 aliphatic heterocycles. The van der Waals surface area contributed by atoms with Crippen molar-refractivity contribution in [2.24, 2.45) is 0 Å². The number of rotatable bonds is 7. The second-order valence-corrected chi connectivity index (χ2v) is 10.1. The Hall–Kier alpha value is -4.24. The van der Waals surface area contributed by atoms with Crippen LogP contribution in [0.3, 0.4) is 0 Å².